The Balaban J connectivity index is 1.82. The molecule has 0 spiro atoms. The van der Waals surface area contributed by atoms with Gasteiger partial charge in [-0.15, -0.1) is 0 Å². The first-order chi connectivity index (χ1) is 12.5. The number of aryl methyl sites for hydroxylation is 1. The van der Waals surface area contributed by atoms with E-state index in [9.17, 15) is 8.42 Å². The van der Waals surface area contributed by atoms with Crippen molar-refractivity contribution in [2.24, 2.45) is 7.05 Å². The molecule has 0 atom stereocenters. The molecule has 1 aromatic heterocycles. The molecule has 0 saturated heterocycles. The highest BCUT2D eigenvalue weighted by Crippen LogP contribution is 2.25. The van der Waals surface area contributed by atoms with Crippen molar-refractivity contribution >= 4 is 21.9 Å². The molecule has 0 aliphatic rings. The number of rotatable bonds is 6. The highest BCUT2D eigenvalue weighted by atomic mass is 32.2. The van der Waals surface area contributed by atoms with Crippen LogP contribution in [-0.2, 0) is 17.1 Å². The average molecular weight is 369 g/mol. The first-order valence-corrected chi connectivity index (χ1v) is 9.46. The molecule has 0 saturated carbocycles. The highest BCUT2D eigenvalue weighted by molar-refractivity contribution is 7.95. The van der Waals surface area contributed by atoms with Gasteiger partial charge < -0.3 is 4.74 Å². The Morgan fingerprint density at radius 3 is 2.58 bits per heavy atom. The first-order valence-electron chi connectivity index (χ1n) is 7.91. The molecule has 0 unspecified atom stereocenters. The minimum Gasteiger partial charge on any atom is -0.497 e. The summed E-state index contributed by atoms with van der Waals surface area (Å²) in [4.78, 5) is 0. The molecule has 6 nitrogen and oxygen atoms in total. The number of benzene rings is 2. The zero-order valence-corrected chi connectivity index (χ0v) is 15.3. The van der Waals surface area contributed by atoms with E-state index in [0.717, 1.165) is 16.5 Å². The number of hydrogen-bond acceptors (Lipinski definition) is 4. The summed E-state index contributed by atoms with van der Waals surface area (Å²) in [5.41, 5.74) is 2.29. The molecule has 0 aliphatic carbocycles. The van der Waals surface area contributed by atoms with Crippen molar-refractivity contribution < 1.29 is 13.2 Å². The van der Waals surface area contributed by atoms with Crippen LogP contribution >= 0.6 is 0 Å². The van der Waals surface area contributed by atoms with Crippen molar-refractivity contribution in [2.75, 3.05) is 11.8 Å². The molecule has 2 aromatic carbocycles. The van der Waals surface area contributed by atoms with Gasteiger partial charge in [-0.3, -0.25) is 9.40 Å². The smallest absolute Gasteiger partial charge is 0.256 e. The van der Waals surface area contributed by atoms with Crippen LogP contribution in [0.15, 0.2) is 66.1 Å². The Morgan fingerprint density at radius 1 is 1.08 bits per heavy atom. The Bertz CT molecular complexity index is 1030. The largest absolute Gasteiger partial charge is 0.497 e. The Labute approximate surface area is 152 Å². The second-order valence-electron chi connectivity index (χ2n) is 5.63. The van der Waals surface area contributed by atoms with E-state index in [4.69, 9.17) is 4.74 Å². The van der Waals surface area contributed by atoms with Crippen LogP contribution in [-0.4, -0.2) is 25.3 Å². The number of methoxy groups -OCH3 is 1. The third-order valence-corrected chi connectivity index (χ3v) is 4.72. The van der Waals surface area contributed by atoms with Gasteiger partial charge in [0.15, 0.2) is 0 Å². The minimum atomic E-state index is -3.65. The monoisotopic (exact) mass is 369 g/mol. The number of nitrogens with zero attached hydrogens (tertiary/aromatic N) is 2. The Hall–Kier alpha value is -3.06. The summed E-state index contributed by atoms with van der Waals surface area (Å²) in [6.07, 6.45) is 1.54. The topological polar surface area (TPSA) is 73.2 Å². The molecule has 134 valence electrons. The fourth-order valence-corrected chi connectivity index (χ4v) is 3.29. The van der Waals surface area contributed by atoms with Gasteiger partial charge >= 0.3 is 0 Å². The lowest BCUT2D eigenvalue weighted by Crippen LogP contribution is -2.11. The predicted octanol–water partition coefficient (Wildman–Crippen LogP) is 3.51. The zero-order valence-electron chi connectivity index (χ0n) is 14.5. The molecular weight excluding hydrogens is 350 g/mol. The van der Waals surface area contributed by atoms with E-state index in [1.165, 1.54) is 4.68 Å². The van der Waals surface area contributed by atoms with Crippen molar-refractivity contribution in [3.8, 4) is 17.0 Å². The van der Waals surface area contributed by atoms with E-state index in [-0.39, 0.29) is 0 Å². The van der Waals surface area contributed by atoms with Gasteiger partial charge in [-0.2, -0.15) is 5.10 Å². The highest BCUT2D eigenvalue weighted by Gasteiger charge is 2.13. The van der Waals surface area contributed by atoms with Crippen molar-refractivity contribution in [1.29, 1.82) is 0 Å². The van der Waals surface area contributed by atoms with Crippen LogP contribution in [0.3, 0.4) is 0 Å². The summed E-state index contributed by atoms with van der Waals surface area (Å²) in [6.45, 7) is 0. The van der Waals surface area contributed by atoms with Gasteiger partial charge in [-0.25, -0.2) is 8.42 Å². The molecule has 0 bridgehead atoms. The Morgan fingerprint density at radius 2 is 1.85 bits per heavy atom. The van der Waals surface area contributed by atoms with E-state index in [1.54, 1.807) is 26.3 Å². The van der Waals surface area contributed by atoms with Crippen molar-refractivity contribution in [1.82, 2.24) is 9.78 Å². The van der Waals surface area contributed by atoms with Crippen molar-refractivity contribution in [3.63, 3.8) is 0 Å². The molecule has 3 rings (SSSR count). The zero-order chi connectivity index (χ0) is 18.6. The van der Waals surface area contributed by atoms with Crippen molar-refractivity contribution in [2.45, 2.75) is 0 Å². The molecule has 0 radical (unpaired) electrons. The normalized spacial score (nSPS) is 11.6. The van der Waals surface area contributed by atoms with Crippen LogP contribution in [0.4, 0.5) is 5.82 Å². The van der Waals surface area contributed by atoms with Crippen LogP contribution < -0.4 is 9.46 Å². The van der Waals surface area contributed by atoms with Gasteiger partial charge in [-0.05, 0) is 23.8 Å². The fourth-order valence-electron chi connectivity index (χ4n) is 2.40. The summed E-state index contributed by atoms with van der Waals surface area (Å²) >= 11 is 0. The summed E-state index contributed by atoms with van der Waals surface area (Å²) < 4.78 is 33.9. The standard InChI is InChI=1S/C19H19N3O3S/c1-22-19(14-18(20-22)16-9-6-10-17(13-16)25-2)21-26(23,24)12-11-15-7-4-3-5-8-15/h3-14,21H,1-2H3/b12-11+. The SMILES string of the molecule is COc1cccc(-c2cc(NS(=O)(=O)/C=C/c3ccccc3)n(C)n2)c1. The molecule has 0 amide bonds. The van der Waals surface area contributed by atoms with Gasteiger partial charge in [0.2, 0.25) is 0 Å². The van der Waals surface area contributed by atoms with E-state index >= 15 is 0 Å². The van der Waals surface area contributed by atoms with E-state index < -0.39 is 10.0 Å². The lowest BCUT2D eigenvalue weighted by atomic mass is 10.1. The van der Waals surface area contributed by atoms with Crippen LogP contribution in [0.25, 0.3) is 17.3 Å². The molecule has 7 heteroatoms. The van der Waals surface area contributed by atoms with E-state index in [2.05, 4.69) is 9.82 Å². The van der Waals surface area contributed by atoms with Crippen LogP contribution in [0.1, 0.15) is 5.56 Å². The lowest BCUT2D eigenvalue weighted by Gasteiger charge is -2.03. The summed E-state index contributed by atoms with van der Waals surface area (Å²) in [7, 11) is -0.377. The second-order valence-corrected chi connectivity index (χ2v) is 7.20. The molecular formula is C19H19N3O3S. The molecule has 1 heterocycles. The predicted molar refractivity (Wildman–Crippen MR) is 103 cm³/mol. The quantitative estimate of drug-likeness (QED) is 0.722. The van der Waals surface area contributed by atoms with Crippen LogP contribution in [0, 0.1) is 0 Å². The third-order valence-electron chi connectivity index (χ3n) is 3.73. The van der Waals surface area contributed by atoms with Crippen molar-refractivity contribution in [3.05, 3.63) is 71.6 Å². The van der Waals surface area contributed by atoms with Gasteiger partial charge in [0.25, 0.3) is 10.0 Å². The van der Waals surface area contributed by atoms with Gasteiger partial charge in [0.1, 0.15) is 11.6 Å². The number of hydrogen-bond donors (Lipinski definition) is 1. The average Bonchev–Trinajstić information content (AvgIpc) is 3.01. The molecule has 0 aliphatic heterocycles. The first kappa shape index (κ1) is 17.8. The second kappa shape index (κ2) is 7.45. The number of nitrogens with one attached hydrogen (secondary N) is 1. The molecule has 3 aromatic rings. The minimum absolute atomic E-state index is 0.375. The van der Waals surface area contributed by atoms with Gasteiger partial charge in [-0.1, -0.05) is 42.5 Å². The maximum absolute atomic E-state index is 12.3. The van der Waals surface area contributed by atoms with Gasteiger partial charge in [0, 0.05) is 18.7 Å². The number of sulfonamides is 1. The number of ether oxygens (including phenoxy) is 1. The summed E-state index contributed by atoms with van der Waals surface area (Å²) in [6, 6.07) is 18.3. The maximum atomic E-state index is 12.3. The fraction of sp³-hybridized carbons (Fsp3) is 0.105. The summed E-state index contributed by atoms with van der Waals surface area (Å²) in [5.74, 6) is 1.08. The third kappa shape index (κ3) is 4.31. The summed E-state index contributed by atoms with van der Waals surface area (Å²) in [5, 5.41) is 5.51. The maximum Gasteiger partial charge on any atom is 0.256 e. The lowest BCUT2D eigenvalue weighted by molar-refractivity contribution is 0.415. The Kier molecular flexibility index (Phi) is 5.09. The molecule has 26 heavy (non-hydrogen) atoms. The molecule has 0 fully saturated rings. The van der Waals surface area contributed by atoms with Crippen LogP contribution in [0.2, 0.25) is 0 Å². The van der Waals surface area contributed by atoms with E-state index in [1.807, 2.05) is 54.6 Å². The van der Waals surface area contributed by atoms with Gasteiger partial charge in [0.05, 0.1) is 18.2 Å². The number of aromatic nitrogens is 2. The van der Waals surface area contributed by atoms with Crippen LogP contribution in [0.5, 0.6) is 5.75 Å². The van der Waals surface area contributed by atoms with E-state index in [0.29, 0.717) is 17.3 Å². The number of anilines is 1. The molecule has 1 N–H and O–H groups in total.